The second-order valence-electron chi connectivity index (χ2n) is 4.57. The van der Waals surface area contributed by atoms with Crippen LogP contribution in [0.3, 0.4) is 0 Å². The van der Waals surface area contributed by atoms with Crippen molar-refractivity contribution >= 4 is 28.9 Å². The highest BCUT2D eigenvalue weighted by Crippen LogP contribution is 2.28. The van der Waals surface area contributed by atoms with Gasteiger partial charge in [-0.2, -0.15) is 0 Å². The molecule has 2 nitrogen and oxygen atoms in total. The van der Waals surface area contributed by atoms with Crippen molar-refractivity contribution in [1.29, 1.82) is 0 Å². The Morgan fingerprint density at radius 3 is 2.53 bits per heavy atom. The van der Waals surface area contributed by atoms with Crippen molar-refractivity contribution < 1.29 is 4.74 Å². The van der Waals surface area contributed by atoms with Crippen LogP contribution in [0.1, 0.15) is 19.4 Å². The fraction of sp³-hybridized carbons (Fsp3) is 0.538. The fourth-order valence-corrected chi connectivity index (χ4v) is 2.75. The minimum atomic E-state index is 0.248. The number of anilines is 1. The molecular weight excluding hydrogens is 257 g/mol. The van der Waals surface area contributed by atoms with Gasteiger partial charge in [0.15, 0.2) is 0 Å². The zero-order chi connectivity index (χ0) is 12.4. The van der Waals surface area contributed by atoms with Gasteiger partial charge in [-0.1, -0.05) is 11.6 Å². The quantitative estimate of drug-likeness (QED) is 0.762. The van der Waals surface area contributed by atoms with Gasteiger partial charge in [0, 0.05) is 29.7 Å². The van der Waals surface area contributed by atoms with Crippen LogP contribution in [-0.2, 0) is 10.6 Å². The van der Waals surface area contributed by atoms with Crippen LogP contribution in [0.4, 0.5) is 5.69 Å². The summed E-state index contributed by atoms with van der Waals surface area (Å²) in [6, 6.07) is 5.90. The van der Waals surface area contributed by atoms with E-state index in [1.807, 2.05) is 18.2 Å². The molecule has 0 N–H and O–H groups in total. The number of rotatable bonds is 2. The van der Waals surface area contributed by atoms with Crippen LogP contribution >= 0.6 is 23.2 Å². The lowest BCUT2D eigenvalue weighted by Crippen LogP contribution is -2.45. The number of hydrogen-bond donors (Lipinski definition) is 0. The largest absolute Gasteiger partial charge is 0.372 e. The summed E-state index contributed by atoms with van der Waals surface area (Å²) in [5, 5.41) is 0.735. The molecule has 0 aromatic heterocycles. The van der Waals surface area contributed by atoms with Crippen LogP contribution in [0.15, 0.2) is 18.2 Å². The highest BCUT2D eigenvalue weighted by Gasteiger charge is 2.23. The van der Waals surface area contributed by atoms with Crippen molar-refractivity contribution in [1.82, 2.24) is 0 Å². The van der Waals surface area contributed by atoms with Crippen molar-refractivity contribution in [2.24, 2.45) is 0 Å². The number of morpholine rings is 1. The van der Waals surface area contributed by atoms with Crippen molar-refractivity contribution in [3.8, 4) is 0 Å². The maximum Gasteiger partial charge on any atom is 0.0726 e. The molecule has 0 saturated carbocycles. The molecular formula is C13H17Cl2NO. The van der Waals surface area contributed by atoms with Gasteiger partial charge in [-0.3, -0.25) is 0 Å². The topological polar surface area (TPSA) is 12.5 Å². The zero-order valence-corrected chi connectivity index (χ0v) is 11.6. The van der Waals surface area contributed by atoms with Crippen LogP contribution in [0.25, 0.3) is 0 Å². The first kappa shape index (κ1) is 13.0. The predicted molar refractivity (Wildman–Crippen MR) is 73.2 cm³/mol. The molecule has 1 aromatic carbocycles. The summed E-state index contributed by atoms with van der Waals surface area (Å²) in [6.07, 6.45) is 0.496. The SMILES string of the molecule is CC1CN(c2ccc(Cl)cc2CCl)CC(C)O1. The lowest BCUT2D eigenvalue weighted by atomic mass is 10.1. The molecule has 1 aliphatic heterocycles. The number of alkyl halides is 1. The van der Waals surface area contributed by atoms with E-state index in [0.717, 1.165) is 23.7 Å². The molecule has 0 spiro atoms. The molecule has 94 valence electrons. The summed E-state index contributed by atoms with van der Waals surface area (Å²) in [5.41, 5.74) is 2.26. The summed E-state index contributed by atoms with van der Waals surface area (Å²) in [4.78, 5) is 2.33. The summed E-state index contributed by atoms with van der Waals surface area (Å²) in [6.45, 7) is 5.99. The minimum absolute atomic E-state index is 0.248. The summed E-state index contributed by atoms with van der Waals surface area (Å²) in [5.74, 6) is 0.482. The van der Waals surface area contributed by atoms with E-state index in [4.69, 9.17) is 27.9 Å². The summed E-state index contributed by atoms with van der Waals surface area (Å²) >= 11 is 12.0. The first-order valence-corrected chi connectivity index (χ1v) is 6.76. The molecule has 17 heavy (non-hydrogen) atoms. The van der Waals surface area contributed by atoms with Gasteiger partial charge in [-0.05, 0) is 37.6 Å². The Labute approximate surface area is 112 Å². The van der Waals surface area contributed by atoms with Crippen LogP contribution in [0.2, 0.25) is 5.02 Å². The van der Waals surface area contributed by atoms with Gasteiger partial charge in [0.25, 0.3) is 0 Å². The Kier molecular flexibility index (Phi) is 4.18. The highest BCUT2D eigenvalue weighted by molar-refractivity contribution is 6.30. The number of hydrogen-bond acceptors (Lipinski definition) is 2. The van der Waals surface area contributed by atoms with E-state index in [1.54, 1.807) is 0 Å². The lowest BCUT2D eigenvalue weighted by Gasteiger charge is -2.37. The van der Waals surface area contributed by atoms with Crippen molar-refractivity contribution in [2.45, 2.75) is 31.9 Å². The average molecular weight is 274 g/mol. The van der Waals surface area contributed by atoms with Crippen LogP contribution in [0, 0.1) is 0 Å². The molecule has 4 heteroatoms. The van der Waals surface area contributed by atoms with Crippen LogP contribution < -0.4 is 4.90 Å². The summed E-state index contributed by atoms with van der Waals surface area (Å²) in [7, 11) is 0. The second-order valence-corrected chi connectivity index (χ2v) is 5.27. The van der Waals surface area contributed by atoms with Crippen LogP contribution in [-0.4, -0.2) is 25.3 Å². The molecule has 1 aromatic rings. The van der Waals surface area contributed by atoms with Crippen molar-refractivity contribution in [2.75, 3.05) is 18.0 Å². The van der Waals surface area contributed by atoms with E-state index in [0.29, 0.717) is 5.88 Å². The van der Waals surface area contributed by atoms with Gasteiger partial charge in [-0.25, -0.2) is 0 Å². The standard InChI is InChI=1S/C13H17Cl2NO/c1-9-7-16(8-10(2)17-9)13-4-3-12(15)5-11(13)6-14/h3-5,9-10H,6-8H2,1-2H3. The van der Waals surface area contributed by atoms with E-state index in [2.05, 4.69) is 18.7 Å². The van der Waals surface area contributed by atoms with E-state index in [9.17, 15) is 0 Å². The van der Waals surface area contributed by atoms with E-state index >= 15 is 0 Å². The van der Waals surface area contributed by atoms with Gasteiger partial charge < -0.3 is 9.64 Å². The van der Waals surface area contributed by atoms with Crippen molar-refractivity contribution in [3.05, 3.63) is 28.8 Å². The first-order chi connectivity index (χ1) is 8.10. The monoisotopic (exact) mass is 273 g/mol. The number of nitrogens with zero attached hydrogens (tertiary/aromatic N) is 1. The van der Waals surface area contributed by atoms with Crippen LogP contribution in [0.5, 0.6) is 0 Å². The third-order valence-electron chi connectivity index (χ3n) is 2.95. The summed E-state index contributed by atoms with van der Waals surface area (Å²) < 4.78 is 5.73. The Balaban J connectivity index is 2.26. The third kappa shape index (κ3) is 3.06. The van der Waals surface area contributed by atoms with Gasteiger partial charge in [0.1, 0.15) is 0 Å². The molecule has 1 heterocycles. The van der Waals surface area contributed by atoms with Gasteiger partial charge in [0.2, 0.25) is 0 Å². The lowest BCUT2D eigenvalue weighted by molar-refractivity contribution is -0.00524. The fourth-order valence-electron chi connectivity index (χ4n) is 2.34. The van der Waals surface area contributed by atoms with Gasteiger partial charge >= 0.3 is 0 Å². The molecule has 2 rings (SSSR count). The normalized spacial score (nSPS) is 25.1. The highest BCUT2D eigenvalue weighted by atomic mass is 35.5. The maximum absolute atomic E-state index is 5.99. The maximum atomic E-state index is 5.99. The Hall–Kier alpha value is -0.440. The molecule has 0 aliphatic carbocycles. The molecule has 0 amide bonds. The minimum Gasteiger partial charge on any atom is -0.372 e. The predicted octanol–water partition coefficient (Wildman–Crippen LogP) is 3.69. The number of benzene rings is 1. The number of ether oxygens (including phenoxy) is 1. The first-order valence-electron chi connectivity index (χ1n) is 5.85. The zero-order valence-electron chi connectivity index (χ0n) is 10.1. The molecule has 0 bridgehead atoms. The Bertz CT molecular complexity index is 387. The number of halogens is 2. The van der Waals surface area contributed by atoms with E-state index < -0.39 is 0 Å². The third-order valence-corrected chi connectivity index (χ3v) is 3.47. The molecule has 2 atom stereocenters. The van der Waals surface area contributed by atoms with Gasteiger partial charge in [0.05, 0.1) is 12.2 Å². The molecule has 2 unspecified atom stereocenters. The van der Waals surface area contributed by atoms with Crippen molar-refractivity contribution in [3.63, 3.8) is 0 Å². The van der Waals surface area contributed by atoms with E-state index in [1.165, 1.54) is 5.69 Å². The molecule has 1 saturated heterocycles. The Morgan fingerprint density at radius 1 is 1.29 bits per heavy atom. The molecule has 1 aliphatic rings. The van der Waals surface area contributed by atoms with E-state index in [-0.39, 0.29) is 12.2 Å². The molecule has 0 radical (unpaired) electrons. The smallest absolute Gasteiger partial charge is 0.0726 e. The second kappa shape index (κ2) is 5.47. The Morgan fingerprint density at radius 2 is 1.94 bits per heavy atom. The van der Waals surface area contributed by atoms with Gasteiger partial charge in [-0.15, -0.1) is 11.6 Å². The average Bonchev–Trinajstić information content (AvgIpc) is 2.27. The molecule has 1 fully saturated rings.